The Balaban J connectivity index is 2.05. The average Bonchev–Trinajstić information content (AvgIpc) is 2.44. The SMILES string of the molecule is CNC(CSc1ccccc1)c1ccc(F)c(C)c1. The highest BCUT2D eigenvalue weighted by molar-refractivity contribution is 7.99. The van der Waals surface area contributed by atoms with Crippen LogP contribution in [0.4, 0.5) is 4.39 Å². The second-order valence-corrected chi connectivity index (χ2v) is 5.57. The summed E-state index contributed by atoms with van der Waals surface area (Å²) in [5.74, 6) is 0.778. The van der Waals surface area contributed by atoms with Gasteiger partial charge in [-0.15, -0.1) is 11.8 Å². The summed E-state index contributed by atoms with van der Waals surface area (Å²) < 4.78 is 13.3. The number of nitrogens with one attached hydrogen (secondary N) is 1. The van der Waals surface area contributed by atoms with E-state index in [4.69, 9.17) is 0 Å². The number of halogens is 1. The quantitative estimate of drug-likeness (QED) is 0.821. The molecule has 3 heteroatoms. The number of hydrogen-bond acceptors (Lipinski definition) is 2. The van der Waals surface area contributed by atoms with Crippen LogP contribution < -0.4 is 5.32 Å². The minimum Gasteiger partial charge on any atom is -0.312 e. The maximum absolute atomic E-state index is 13.3. The Morgan fingerprint density at radius 3 is 2.53 bits per heavy atom. The summed E-state index contributed by atoms with van der Waals surface area (Å²) >= 11 is 1.80. The van der Waals surface area contributed by atoms with Crippen LogP contribution in [0.2, 0.25) is 0 Å². The van der Waals surface area contributed by atoms with Gasteiger partial charge in [0.15, 0.2) is 0 Å². The predicted molar refractivity (Wildman–Crippen MR) is 80.1 cm³/mol. The van der Waals surface area contributed by atoms with Crippen molar-refractivity contribution in [2.45, 2.75) is 17.9 Å². The monoisotopic (exact) mass is 275 g/mol. The van der Waals surface area contributed by atoms with Crippen molar-refractivity contribution in [3.05, 3.63) is 65.5 Å². The van der Waals surface area contributed by atoms with Gasteiger partial charge in [0.25, 0.3) is 0 Å². The molecule has 2 aromatic carbocycles. The summed E-state index contributed by atoms with van der Waals surface area (Å²) in [6.07, 6.45) is 0. The normalized spacial score (nSPS) is 12.4. The highest BCUT2D eigenvalue weighted by Gasteiger charge is 2.11. The molecular weight excluding hydrogens is 257 g/mol. The van der Waals surface area contributed by atoms with Crippen LogP contribution in [0.15, 0.2) is 53.4 Å². The van der Waals surface area contributed by atoms with Gasteiger partial charge < -0.3 is 5.32 Å². The molecule has 0 aliphatic carbocycles. The van der Waals surface area contributed by atoms with Crippen molar-refractivity contribution in [3.63, 3.8) is 0 Å². The summed E-state index contributed by atoms with van der Waals surface area (Å²) in [4.78, 5) is 1.25. The first-order valence-corrected chi connectivity index (χ1v) is 7.30. The fourth-order valence-corrected chi connectivity index (χ4v) is 2.99. The Morgan fingerprint density at radius 1 is 1.16 bits per heavy atom. The molecule has 0 radical (unpaired) electrons. The number of aryl methyl sites for hydroxylation is 1. The van der Waals surface area contributed by atoms with Crippen molar-refractivity contribution in [2.75, 3.05) is 12.8 Å². The van der Waals surface area contributed by atoms with E-state index in [-0.39, 0.29) is 11.9 Å². The Hall–Kier alpha value is -1.32. The van der Waals surface area contributed by atoms with E-state index in [2.05, 4.69) is 17.4 Å². The minimum absolute atomic E-state index is 0.144. The third-order valence-corrected chi connectivity index (χ3v) is 4.20. The molecule has 1 nitrogen and oxygen atoms in total. The topological polar surface area (TPSA) is 12.0 Å². The summed E-state index contributed by atoms with van der Waals surface area (Å²) in [5, 5.41) is 3.29. The molecule has 0 amide bonds. The fourth-order valence-electron chi connectivity index (χ4n) is 1.93. The van der Waals surface area contributed by atoms with Gasteiger partial charge in [0.2, 0.25) is 0 Å². The number of thioether (sulfide) groups is 1. The molecule has 2 aromatic rings. The molecule has 0 aliphatic heterocycles. The van der Waals surface area contributed by atoms with Gasteiger partial charge in [-0.05, 0) is 43.3 Å². The molecule has 0 saturated heterocycles. The smallest absolute Gasteiger partial charge is 0.126 e. The average molecular weight is 275 g/mol. The molecule has 19 heavy (non-hydrogen) atoms. The molecule has 0 bridgehead atoms. The first-order valence-electron chi connectivity index (χ1n) is 6.32. The van der Waals surface area contributed by atoms with Crippen LogP contribution in [0.25, 0.3) is 0 Å². The van der Waals surface area contributed by atoms with Crippen molar-refractivity contribution < 1.29 is 4.39 Å². The zero-order valence-electron chi connectivity index (χ0n) is 11.2. The van der Waals surface area contributed by atoms with E-state index in [9.17, 15) is 4.39 Å². The van der Waals surface area contributed by atoms with Crippen LogP contribution in [-0.2, 0) is 0 Å². The van der Waals surface area contributed by atoms with Gasteiger partial charge in [-0.3, -0.25) is 0 Å². The lowest BCUT2D eigenvalue weighted by Gasteiger charge is -2.17. The van der Waals surface area contributed by atoms with Crippen LogP contribution in [0, 0.1) is 12.7 Å². The highest BCUT2D eigenvalue weighted by Crippen LogP contribution is 2.25. The van der Waals surface area contributed by atoms with Crippen LogP contribution in [0.5, 0.6) is 0 Å². The Morgan fingerprint density at radius 2 is 1.89 bits per heavy atom. The lowest BCUT2D eigenvalue weighted by Crippen LogP contribution is -2.18. The van der Waals surface area contributed by atoms with Crippen molar-refractivity contribution in [1.82, 2.24) is 5.32 Å². The Kier molecular flexibility index (Phi) is 5.00. The molecule has 0 spiro atoms. The molecule has 0 heterocycles. The second kappa shape index (κ2) is 6.73. The van der Waals surface area contributed by atoms with Gasteiger partial charge in [-0.2, -0.15) is 0 Å². The zero-order chi connectivity index (χ0) is 13.7. The number of benzene rings is 2. The van der Waals surface area contributed by atoms with Crippen LogP contribution >= 0.6 is 11.8 Å². The molecule has 0 saturated carbocycles. The lowest BCUT2D eigenvalue weighted by atomic mass is 10.1. The van der Waals surface area contributed by atoms with E-state index < -0.39 is 0 Å². The van der Waals surface area contributed by atoms with E-state index in [1.54, 1.807) is 24.8 Å². The zero-order valence-corrected chi connectivity index (χ0v) is 12.0. The van der Waals surface area contributed by atoms with Gasteiger partial charge >= 0.3 is 0 Å². The van der Waals surface area contributed by atoms with Gasteiger partial charge in [0.1, 0.15) is 5.82 Å². The molecule has 1 atom stereocenters. The summed E-state index contributed by atoms with van der Waals surface area (Å²) in [7, 11) is 1.94. The Bertz CT molecular complexity index is 528. The molecule has 1 N–H and O–H groups in total. The standard InChI is InChI=1S/C16H18FNS/c1-12-10-13(8-9-15(12)17)16(18-2)11-19-14-6-4-3-5-7-14/h3-10,16,18H,11H2,1-2H3. The van der Waals surface area contributed by atoms with Crippen LogP contribution in [0.1, 0.15) is 17.2 Å². The van der Waals surface area contributed by atoms with E-state index in [0.29, 0.717) is 5.56 Å². The van der Waals surface area contributed by atoms with E-state index in [1.807, 2.05) is 37.4 Å². The van der Waals surface area contributed by atoms with Crippen LogP contribution in [0.3, 0.4) is 0 Å². The summed E-state index contributed by atoms with van der Waals surface area (Å²) in [6.45, 7) is 1.80. The van der Waals surface area contributed by atoms with E-state index in [0.717, 1.165) is 11.3 Å². The summed E-state index contributed by atoms with van der Waals surface area (Å²) in [5.41, 5.74) is 1.83. The minimum atomic E-state index is -0.144. The van der Waals surface area contributed by atoms with Crippen molar-refractivity contribution >= 4 is 11.8 Å². The number of rotatable bonds is 5. The maximum Gasteiger partial charge on any atom is 0.126 e. The highest BCUT2D eigenvalue weighted by atomic mass is 32.2. The lowest BCUT2D eigenvalue weighted by molar-refractivity contribution is 0.611. The Labute approximate surface area is 118 Å². The molecular formula is C16H18FNS. The van der Waals surface area contributed by atoms with Gasteiger partial charge in [-0.25, -0.2) is 4.39 Å². The van der Waals surface area contributed by atoms with Crippen molar-refractivity contribution in [2.24, 2.45) is 0 Å². The van der Waals surface area contributed by atoms with Gasteiger partial charge in [-0.1, -0.05) is 30.3 Å². The van der Waals surface area contributed by atoms with Gasteiger partial charge in [0, 0.05) is 16.7 Å². The third-order valence-electron chi connectivity index (χ3n) is 3.09. The van der Waals surface area contributed by atoms with Crippen LogP contribution in [-0.4, -0.2) is 12.8 Å². The number of hydrogen-bond donors (Lipinski definition) is 1. The molecule has 0 aromatic heterocycles. The molecule has 1 unspecified atom stereocenters. The summed E-state index contributed by atoms with van der Waals surface area (Å²) in [6, 6.07) is 15.9. The second-order valence-electron chi connectivity index (χ2n) is 4.47. The van der Waals surface area contributed by atoms with Gasteiger partial charge in [0.05, 0.1) is 0 Å². The molecule has 0 aliphatic rings. The largest absolute Gasteiger partial charge is 0.312 e. The van der Waals surface area contributed by atoms with Crippen molar-refractivity contribution in [3.8, 4) is 0 Å². The van der Waals surface area contributed by atoms with E-state index >= 15 is 0 Å². The third kappa shape index (κ3) is 3.82. The predicted octanol–water partition coefficient (Wildman–Crippen LogP) is 4.19. The first kappa shape index (κ1) is 14.1. The van der Waals surface area contributed by atoms with Crippen molar-refractivity contribution in [1.29, 1.82) is 0 Å². The first-order chi connectivity index (χ1) is 9.20. The fraction of sp³-hybridized carbons (Fsp3) is 0.250. The van der Waals surface area contributed by atoms with E-state index in [1.165, 1.54) is 4.90 Å². The molecule has 100 valence electrons. The molecule has 0 fully saturated rings. The maximum atomic E-state index is 13.3. The molecule has 2 rings (SSSR count).